The zero-order valence-corrected chi connectivity index (χ0v) is 21.2. The van der Waals surface area contributed by atoms with Gasteiger partial charge in [0, 0.05) is 38.7 Å². The van der Waals surface area contributed by atoms with Crippen molar-refractivity contribution in [1.82, 2.24) is 24.8 Å². The molecule has 4 rings (SSSR count). The monoisotopic (exact) mass is 502 g/mol. The Hall–Kier alpha value is -3.97. The Morgan fingerprint density at radius 2 is 2.03 bits per heavy atom. The Morgan fingerprint density at radius 3 is 2.73 bits per heavy atom. The van der Waals surface area contributed by atoms with Crippen molar-refractivity contribution < 1.29 is 9.53 Å². The van der Waals surface area contributed by atoms with E-state index >= 15 is 0 Å². The van der Waals surface area contributed by atoms with Crippen LogP contribution in [-0.4, -0.2) is 51.7 Å². The van der Waals surface area contributed by atoms with Crippen LogP contribution in [0.5, 0.6) is 0 Å². The van der Waals surface area contributed by atoms with Crippen LogP contribution < -0.4 is 16.0 Å². The highest BCUT2D eigenvalue weighted by Crippen LogP contribution is 2.28. The number of nitrogens with zero attached hydrogens (tertiary/aromatic N) is 5. The van der Waals surface area contributed by atoms with Gasteiger partial charge < -0.3 is 20.7 Å². The number of anilines is 2. The molecule has 1 atom stereocenters. The molecule has 1 saturated carbocycles. The Morgan fingerprint density at radius 1 is 1.22 bits per heavy atom. The lowest BCUT2D eigenvalue weighted by molar-refractivity contribution is -0.122. The molecule has 1 unspecified atom stereocenters. The van der Waals surface area contributed by atoms with Crippen LogP contribution in [0.25, 0.3) is 10.7 Å². The first-order valence-electron chi connectivity index (χ1n) is 12.8. The third-order valence-corrected chi connectivity index (χ3v) is 6.54. The predicted octanol–water partition coefficient (Wildman–Crippen LogP) is 4.34. The summed E-state index contributed by atoms with van der Waals surface area (Å²) in [6, 6.07) is 8.66. The van der Waals surface area contributed by atoms with Crippen molar-refractivity contribution in [2.75, 3.05) is 30.9 Å². The van der Waals surface area contributed by atoms with Crippen LogP contribution in [-0.2, 0) is 16.1 Å². The third-order valence-electron chi connectivity index (χ3n) is 6.54. The summed E-state index contributed by atoms with van der Waals surface area (Å²) in [6.07, 6.45) is 11.9. The topological polar surface area (TPSA) is 110 Å². The molecule has 2 aromatic heterocycles. The molecule has 1 aliphatic rings. The molecule has 0 radical (unpaired) electrons. The minimum absolute atomic E-state index is 0.0727. The molecular formula is C27H34N8O2. The summed E-state index contributed by atoms with van der Waals surface area (Å²) >= 11 is 0. The van der Waals surface area contributed by atoms with E-state index in [1.165, 1.54) is 19.3 Å². The van der Waals surface area contributed by atoms with Gasteiger partial charge >= 0.3 is 0 Å². The molecule has 10 heteroatoms. The van der Waals surface area contributed by atoms with Crippen molar-refractivity contribution in [3.63, 3.8) is 0 Å². The molecule has 1 aromatic carbocycles. The van der Waals surface area contributed by atoms with Crippen LogP contribution in [0.15, 0.2) is 49.1 Å². The van der Waals surface area contributed by atoms with E-state index in [1.54, 1.807) is 36.3 Å². The van der Waals surface area contributed by atoms with Crippen molar-refractivity contribution in [2.45, 2.75) is 51.1 Å². The number of imidazole rings is 1. The second kappa shape index (κ2) is 13.4. The van der Waals surface area contributed by atoms with Crippen molar-refractivity contribution in [3.8, 4) is 5.82 Å². The summed E-state index contributed by atoms with van der Waals surface area (Å²) < 4.78 is 6.94. The molecule has 3 aromatic rings. The van der Waals surface area contributed by atoms with Gasteiger partial charge in [0.1, 0.15) is 24.0 Å². The number of hydrogen-bond acceptors (Lipinski definition) is 7. The van der Waals surface area contributed by atoms with Crippen LogP contribution in [0.3, 0.4) is 0 Å². The first kappa shape index (κ1) is 26.1. The predicted molar refractivity (Wildman–Crippen MR) is 143 cm³/mol. The highest BCUT2D eigenvalue weighted by Gasteiger charge is 2.25. The molecule has 0 bridgehead atoms. The molecular weight excluding hydrogens is 468 g/mol. The van der Waals surface area contributed by atoms with Crippen molar-refractivity contribution >= 4 is 23.4 Å². The SMILES string of the molecule is [C-]#[N+]c1ccc(CNC(=O)C(CC2CCCCC2)Nc2cc(-n3ccnc3)nc(NCCOC)n2)cc1. The van der Waals surface area contributed by atoms with Crippen LogP contribution in [0.2, 0.25) is 0 Å². The van der Waals surface area contributed by atoms with Crippen molar-refractivity contribution in [1.29, 1.82) is 0 Å². The van der Waals surface area contributed by atoms with Gasteiger partial charge in [0.25, 0.3) is 0 Å². The first-order chi connectivity index (χ1) is 18.1. The average Bonchev–Trinajstić information content (AvgIpc) is 3.48. The summed E-state index contributed by atoms with van der Waals surface area (Å²) in [6.45, 7) is 8.59. The average molecular weight is 503 g/mol. The molecule has 1 amide bonds. The summed E-state index contributed by atoms with van der Waals surface area (Å²) in [4.78, 5) is 30.2. The Balaban J connectivity index is 1.52. The van der Waals surface area contributed by atoms with Gasteiger partial charge in [-0.2, -0.15) is 9.97 Å². The minimum atomic E-state index is -0.442. The van der Waals surface area contributed by atoms with E-state index in [1.807, 2.05) is 24.4 Å². The fourth-order valence-electron chi connectivity index (χ4n) is 4.55. The Kier molecular flexibility index (Phi) is 9.43. The minimum Gasteiger partial charge on any atom is -0.383 e. The molecule has 0 spiro atoms. The van der Waals surface area contributed by atoms with Crippen molar-refractivity contribution in [3.05, 3.63) is 66.0 Å². The van der Waals surface area contributed by atoms with Crippen LogP contribution >= 0.6 is 0 Å². The lowest BCUT2D eigenvalue weighted by Crippen LogP contribution is -2.41. The Bertz CT molecular complexity index is 1170. The Labute approximate surface area is 217 Å². The number of amides is 1. The third kappa shape index (κ3) is 7.75. The summed E-state index contributed by atoms with van der Waals surface area (Å²) in [7, 11) is 1.64. The number of methoxy groups -OCH3 is 1. The van der Waals surface area contributed by atoms with E-state index in [-0.39, 0.29) is 5.91 Å². The van der Waals surface area contributed by atoms with E-state index < -0.39 is 6.04 Å². The van der Waals surface area contributed by atoms with Crippen LogP contribution in [0, 0.1) is 12.5 Å². The zero-order valence-electron chi connectivity index (χ0n) is 21.2. The smallest absolute Gasteiger partial charge is 0.242 e. The number of carbonyl (C=O) groups excluding carboxylic acids is 1. The number of nitrogens with one attached hydrogen (secondary N) is 3. The quantitative estimate of drug-likeness (QED) is 0.250. The molecule has 2 heterocycles. The second-order valence-corrected chi connectivity index (χ2v) is 9.26. The van der Waals surface area contributed by atoms with Crippen molar-refractivity contribution in [2.24, 2.45) is 5.92 Å². The zero-order chi connectivity index (χ0) is 25.9. The first-order valence-corrected chi connectivity index (χ1v) is 12.8. The van der Waals surface area contributed by atoms with Gasteiger partial charge in [-0.05, 0) is 17.9 Å². The lowest BCUT2D eigenvalue weighted by Gasteiger charge is -2.27. The van der Waals surface area contributed by atoms with Gasteiger partial charge in [-0.1, -0.05) is 56.4 Å². The molecule has 10 nitrogen and oxygen atoms in total. The van der Waals surface area contributed by atoms with Gasteiger partial charge in [0.15, 0.2) is 5.69 Å². The van der Waals surface area contributed by atoms with Gasteiger partial charge in [-0.15, -0.1) is 0 Å². The van der Waals surface area contributed by atoms with Crippen LogP contribution in [0.1, 0.15) is 44.1 Å². The van der Waals surface area contributed by atoms with Gasteiger partial charge in [-0.3, -0.25) is 9.36 Å². The maximum atomic E-state index is 13.4. The fraction of sp³-hybridized carbons (Fsp3) is 0.444. The van der Waals surface area contributed by atoms with Crippen LogP contribution in [0.4, 0.5) is 17.5 Å². The summed E-state index contributed by atoms with van der Waals surface area (Å²) in [5.41, 5.74) is 1.53. The maximum absolute atomic E-state index is 13.4. The van der Waals surface area contributed by atoms with E-state index in [0.29, 0.717) is 48.9 Å². The van der Waals surface area contributed by atoms with E-state index in [4.69, 9.17) is 11.3 Å². The molecule has 1 fully saturated rings. The molecule has 0 saturated heterocycles. The number of aromatic nitrogens is 4. The highest BCUT2D eigenvalue weighted by molar-refractivity contribution is 5.84. The molecule has 194 valence electrons. The largest absolute Gasteiger partial charge is 0.383 e. The molecule has 37 heavy (non-hydrogen) atoms. The molecule has 0 aliphatic heterocycles. The highest BCUT2D eigenvalue weighted by atomic mass is 16.5. The summed E-state index contributed by atoms with van der Waals surface area (Å²) in [5.74, 6) is 2.07. The van der Waals surface area contributed by atoms with E-state index in [9.17, 15) is 4.79 Å². The molecule has 1 aliphatic carbocycles. The maximum Gasteiger partial charge on any atom is 0.242 e. The van der Waals surface area contributed by atoms with Gasteiger partial charge in [0.05, 0.1) is 13.2 Å². The lowest BCUT2D eigenvalue weighted by atomic mass is 9.84. The standard InChI is InChI=1S/C27H34N8O2/c1-28-22-10-8-21(9-11-22)18-31-26(36)23(16-20-6-4-3-5-7-20)32-24-17-25(35-14-12-29-19-35)34-27(33-24)30-13-15-37-2/h8-12,14,17,19-20,23H,3-7,13,15-16,18H2,2H3,(H,31,36)(H2,30,32,33,34). The fourth-order valence-corrected chi connectivity index (χ4v) is 4.55. The number of ether oxygens (including phenoxy) is 1. The van der Waals surface area contributed by atoms with Gasteiger partial charge in [0.2, 0.25) is 11.9 Å². The number of rotatable bonds is 12. The van der Waals surface area contributed by atoms with E-state index in [0.717, 1.165) is 24.8 Å². The van der Waals surface area contributed by atoms with E-state index in [2.05, 4.69) is 35.7 Å². The summed E-state index contributed by atoms with van der Waals surface area (Å²) in [5, 5.41) is 9.67. The number of benzene rings is 1. The normalized spacial score (nSPS) is 14.5. The molecule has 3 N–H and O–H groups in total. The number of carbonyl (C=O) groups is 1. The van der Waals surface area contributed by atoms with Gasteiger partial charge in [-0.25, -0.2) is 9.83 Å². The number of hydrogen-bond donors (Lipinski definition) is 3. The second-order valence-electron chi connectivity index (χ2n) is 9.26.